The molecule has 0 heterocycles. The SMILES string of the molecule is C=CCN(C(=O)COC(=O)c1ccc(N(C)C)c([N+](=O)[O-])c1)c1ccccc1. The summed E-state index contributed by atoms with van der Waals surface area (Å²) in [5, 5.41) is 11.2. The minimum absolute atomic E-state index is 0.0000757. The van der Waals surface area contributed by atoms with E-state index in [1.165, 1.54) is 17.0 Å². The number of esters is 1. The summed E-state index contributed by atoms with van der Waals surface area (Å²) in [4.78, 5) is 38.4. The van der Waals surface area contributed by atoms with Crippen LogP contribution in [0.2, 0.25) is 0 Å². The first-order valence-corrected chi connectivity index (χ1v) is 8.44. The minimum atomic E-state index is -0.812. The number of benzene rings is 2. The first-order chi connectivity index (χ1) is 13.3. The van der Waals surface area contributed by atoms with Gasteiger partial charge in [0, 0.05) is 32.4 Å². The second kappa shape index (κ2) is 9.31. The maximum atomic E-state index is 12.5. The highest BCUT2D eigenvalue weighted by Crippen LogP contribution is 2.28. The van der Waals surface area contributed by atoms with E-state index >= 15 is 0 Å². The predicted molar refractivity (Wildman–Crippen MR) is 107 cm³/mol. The number of ether oxygens (including phenoxy) is 1. The summed E-state index contributed by atoms with van der Waals surface area (Å²) in [5.41, 5.74) is 0.789. The molecule has 0 N–H and O–H groups in total. The van der Waals surface area contributed by atoms with Crippen molar-refractivity contribution < 1.29 is 19.2 Å². The Balaban J connectivity index is 2.12. The second-order valence-electron chi connectivity index (χ2n) is 6.06. The average Bonchev–Trinajstić information content (AvgIpc) is 2.70. The predicted octanol–water partition coefficient (Wildman–Crippen LogP) is 3.04. The van der Waals surface area contributed by atoms with Crippen LogP contribution in [0.25, 0.3) is 0 Å². The second-order valence-corrected chi connectivity index (χ2v) is 6.06. The molecule has 0 atom stereocenters. The Morgan fingerprint density at radius 1 is 1.18 bits per heavy atom. The van der Waals surface area contributed by atoms with E-state index in [0.717, 1.165) is 6.07 Å². The molecular weight excluding hydrogens is 362 g/mol. The van der Waals surface area contributed by atoms with E-state index in [9.17, 15) is 19.7 Å². The molecule has 146 valence electrons. The number of carbonyl (C=O) groups is 2. The van der Waals surface area contributed by atoms with Crippen LogP contribution in [0.4, 0.5) is 17.1 Å². The third-order valence-corrected chi connectivity index (χ3v) is 3.90. The van der Waals surface area contributed by atoms with Gasteiger partial charge >= 0.3 is 5.97 Å². The van der Waals surface area contributed by atoms with E-state index in [-0.39, 0.29) is 17.8 Å². The van der Waals surface area contributed by atoms with Gasteiger partial charge in [-0.25, -0.2) is 4.79 Å². The molecule has 2 rings (SSSR count). The van der Waals surface area contributed by atoms with Crippen molar-refractivity contribution in [1.29, 1.82) is 0 Å². The van der Waals surface area contributed by atoms with Crippen LogP contribution in [0.5, 0.6) is 0 Å². The van der Waals surface area contributed by atoms with Gasteiger partial charge in [0.2, 0.25) is 0 Å². The molecule has 0 aliphatic rings. The lowest BCUT2D eigenvalue weighted by atomic mass is 10.1. The number of rotatable bonds is 8. The Labute approximate surface area is 162 Å². The van der Waals surface area contributed by atoms with Crippen molar-refractivity contribution in [2.75, 3.05) is 37.0 Å². The topological polar surface area (TPSA) is 93.0 Å². The molecule has 28 heavy (non-hydrogen) atoms. The molecule has 0 aromatic heterocycles. The van der Waals surface area contributed by atoms with Crippen LogP contribution in [0.1, 0.15) is 10.4 Å². The van der Waals surface area contributed by atoms with Crippen LogP contribution in [-0.4, -0.2) is 44.0 Å². The van der Waals surface area contributed by atoms with Crippen molar-refractivity contribution in [1.82, 2.24) is 0 Å². The van der Waals surface area contributed by atoms with Crippen LogP contribution < -0.4 is 9.80 Å². The fourth-order valence-electron chi connectivity index (χ4n) is 2.55. The number of carbonyl (C=O) groups excluding carboxylic acids is 2. The molecule has 0 fully saturated rings. The van der Waals surface area contributed by atoms with Crippen LogP contribution in [0, 0.1) is 10.1 Å². The third kappa shape index (κ3) is 4.94. The minimum Gasteiger partial charge on any atom is -0.452 e. The smallest absolute Gasteiger partial charge is 0.338 e. The standard InChI is InChI=1S/C20H21N3O5/c1-4-12-22(16-8-6-5-7-9-16)19(24)14-28-20(25)15-10-11-17(21(2)3)18(13-15)23(26)27/h4-11,13H,1,12,14H2,2-3H3. The number of nitro benzene ring substituents is 1. The van der Waals surface area contributed by atoms with E-state index < -0.39 is 23.4 Å². The first kappa shape index (κ1) is 20.6. The van der Waals surface area contributed by atoms with E-state index in [0.29, 0.717) is 11.4 Å². The van der Waals surface area contributed by atoms with Crippen molar-refractivity contribution in [3.05, 3.63) is 76.9 Å². The highest BCUT2D eigenvalue weighted by atomic mass is 16.6. The zero-order valence-corrected chi connectivity index (χ0v) is 15.7. The Morgan fingerprint density at radius 3 is 2.43 bits per heavy atom. The van der Waals surface area contributed by atoms with Gasteiger partial charge in [-0.2, -0.15) is 0 Å². The summed E-state index contributed by atoms with van der Waals surface area (Å²) in [5.74, 6) is -1.24. The molecule has 8 nitrogen and oxygen atoms in total. The fraction of sp³-hybridized carbons (Fsp3) is 0.200. The van der Waals surface area contributed by atoms with Crippen molar-refractivity contribution in [3.63, 3.8) is 0 Å². The summed E-state index contributed by atoms with van der Waals surface area (Å²) in [6.07, 6.45) is 1.57. The van der Waals surface area contributed by atoms with Crippen LogP contribution in [0.15, 0.2) is 61.2 Å². The molecule has 8 heteroatoms. The Hall–Kier alpha value is -3.68. The highest BCUT2D eigenvalue weighted by Gasteiger charge is 2.21. The van der Waals surface area contributed by atoms with E-state index in [2.05, 4.69) is 6.58 Å². The normalized spacial score (nSPS) is 10.1. The Kier molecular flexibility index (Phi) is 6.86. The van der Waals surface area contributed by atoms with Crippen molar-refractivity contribution in [3.8, 4) is 0 Å². The van der Waals surface area contributed by atoms with E-state index in [1.807, 2.05) is 6.07 Å². The summed E-state index contributed by atoms with van der Waals surface area (Å²) >= 11 is 0. The van der Waals surface area contributed by atoms with Crippen molar-refractivity contribution >= 4 is 28.9 Å². The van der Waals surface area contributed by atoms with Gasteiger partial charge in [-0.3, -0.25) is 14.9 Å². The summed E-state index contributed by atoms with van der Waals surface area (Å²) in [7, 11) is 3.33. The number of nitrogens with zero attached hydrogens (tertiary/aromatic N) is 3. The summed E-state index contributed by atoms with van der Waals surface area (Å²) in [6.45, 7) is 3.39. The molecule has 0 bridgehead atoms. The number of para-hydroxylation sites is 1. The number of hydrogen-bond donors (Lipinski definition) is 0. The lowest BCUT2D eigenvalue weighted by Crippen LogP contribution is -2.34. The van der Waals surface area contributed by atoms with Crippen LogP contribution in [0.3, 0.4) is 0 Å². The molecule has 2 aromatic rings. The van der Waals surface area contributed by atoms with E-state index in [4.69, 9.17) is 4.74 Å². The molecule has 1 amide bonds. The molecule has 0 aliphatic heterocycles. The fourth-order valence-corrected chi connectivity index (χ4v) is 2.55. The molecular formula is C20H21N3O5. The van der Waals surface area contributed by atoms with Crippen molar-refractivity contribution in [2.24, 2.45) is 0 Å². The zero-order chi connectivity index (χ0) is 20.7. The maximum absolute atomic E-state index is 12.5. The number of anilines is 2. The van der Waals surface area contributed by atoms with Gasteiger partial charge in [0.15, 0.2) is 6.61 Å². The molecule has 0 unspecified atom stereocenters. The number of amides is 1. The van der Waals surface area contributed by atoms with Crippen molar-refractivity contribution in [2.45, 2.75) is 0 Å². The largest absolute Gasteiger partial charge is 0.452 e. The number of nitro groups is 1. The molecule has 0 saturated heterocycles. The van der Waals surface area contributed by atoms with Gasteiger partial charge in [-0.05, 0) is 24.3 Å². The first-order valence-electron chi connectivity index (χ1n) is 8.44. The van der Waals surface area contributed by atoms with Gasteiger partial charge in [0.05, 0.1) is 10.5 Å². The third-order valence-electron chi connectivity index (χ3n) is 3.90. The van der Waals surface area contributed by atoms with Gasteiger partial charge in [0.25, 0.3) is 11.6 Å². The van der Waals surface area contributed by atoms with Gasteiger partial charge in [0.1, 0.15) is 5.69 Å². The molecule has 2 aromatic carbocycles. The Bertz CT molecular complexity index is 881. The Morgan fingerprint density at radius 2 is 1.86 bits per heavy atom. The lowest BCUT2D eigenvalue weighted by Gasteiger charge is -2.21. The van der Waals surface area contributed by atoms with Crippen LogP contribution >= 0.6 is 0 Å². The average molecular weight is 383 g/mol. The molecule has 0 saturated carbocycles. The molecule has 0 radical (unpaired) electrons. The van der Waals surface area contributed by atoms with Crippen LogP contribution in [-0.2, 0) is 9.53 Å². The van der Waals surface area contributed by atoms with Gasteiger partial charge < -0.3 is 14.5 Å². The molecule has 0 spiro atoms. The summed E-state index contributed by atoms with van der Waals surface area (Å²) < 4.78 is 5.07. The number of hydrogen-bond acceptors (Lipinski definition) is 6. The quantitative estimate of drug-likeness (QED) is 0.301. The monoisotopic (exact) mass is 383 g/mol. The van der Waals surface area contributed by atoms with Gasteiger partial charge in [-0.15, -0.1) is 6.58 Å². The highest BCUT2D eigenvalue weighted by molar-refractivity contribution is 5.97. The molecule has 0 aliphatic carbocycles. The maximum Gasteiger partial charge on any atom is 0.338 e. The zero-order valence-electron chi connectivity index (χ0n) is 15.7. The van der Waals surface area contributed by atoms with Gasteiger partial charge in [-0.1, -0.05) is 24.3 Å². The summed E-state index contributed by atoms with van der Waals surface area (Å²) in [6, 6.07) is 12.9. The van der Waals surface area contributed by atoms with E-state index in [1.54, 1.807) is 49.3 Å². The lowest BCUT2D eigenvalue weighted by molar-refractivity contribution is -0.384.